The smallest absolute Gasteiger partial charge is 0.243 e. The van der Waals surface area contributed by atoms with E-state index in [0.29, 0.717) is 18.8 Å². The van der Waals surface area contributed by atoms with Crippen LogP contribution >= 0.6 is 0 Å². The van der Waals surface area contributed by atoms with Gasteiger partial charge in [0, 0.05) is 31.9 Å². The first-order valence-electron chi connectivity index (χ1n) is 6.78. The van der Waals surface area contributed by atoms with Gasteiger partial charge in [0.15, 0.2) is 0 Å². The zero-order valence-corrected chi connectivity index (χ0v) is 12.7. The number of hydrogen-bond acceptors (Lipinski definition) is 5. The van der Waals surface area contributed by atoms with Gasteiger partial charge in [0.25, 0.3) is 0 Å². The molecule has 2 heterocycles. The second-order valence-corrected chi connectivity index (χ2v) is 7.33. The average Bonchev–Trinajstić information content (AvgIpc) is 2.78. The topological polar surface area (TPSA) is 82.5 Å². The number of nitrogens with zero attached hydrogens (tertiary/aromatic N) is 2. The Bertz CT molecular complexity index is 572. The van der Waals surface area contributed by atoms with Gasteiger partial charge in [-0.2, -0.15) is 4.31 Å². The predicted molar refractivity (Wildman–Crippen MR) is 77.0 cm³/mol. The van der Waals surface area contributed by atoms with E-state index < -0.39 is 15.6 Å². The Morgan fingerprint density at radius 3 is 2.90 bits per heavy atom. The standard InChI is InChI=1S/C13H21N3O3S/c1-3-6-14-12-9-11(4-7-15-12)20(18,19)16-8-5-13(2,17)10-16/h4,7,9,17H,3,5-6,8,10H2,1-2H3,(H,14,15). The van der Waals surface area contributed by atoms with Gasteiger partial charge in [0.1, 0.15) is 5.82 Å². The van der Waals surface area contributed by atoms with Crippen molar-refractivity contribution in [3.05, 3.63) is 18.3 Å². The highest BCUT2D eigenvalue weighted by Crippen LogP contribution is 2.27. The number of pyridine rings is 1. The van der Waals surface area contributed by atoms with Crippen molar-refractivity contribution in [1.82, 2.24) is 9.29 Å². The van der Waals surface area contributed by atoms with Crippen LogP contribution in [0.1, 0.15) is 26.7 Å². The molecule has 1 fully saturated rings. The molecule has 0 saturated carbocycles. The van der Waals surface area contributed by atoms with E-state index in [0.717, 1.165) is 13.0 Å². The van der Waals surface area contributed by atoms with Crippen molar-refractivity contribution in [2.24, 2.45) is 0 Å². The zero-order valence-electron chi connectivity index (χ0n) is 11.8. The fourth-order valence-corrected chi connectivity index (χ4v) is 3.75. The first-order valence-corrected chi connectivity index (χ1v) is 8.22. The zero-order chi connectivity index (χ0) is 14.8. The first kappa shape index (κ1) is 15.2. The van der Waals surface area contributed by atoms with Crippen molar-refractivity contribution >= 4 is 15.8 Å². The molecular weight excluding hydrogens is 278 g/mol. The Balaban J connectivity index is 2.21. The van der Waals surface area contributed by atoms with E-state index in [1.165, 1.54) is 22.6 Å². The Morgan fingerprint density at radius 1 is 1.55 bits per heavy atom. The fraction of sp³-hybridized carbons (Fsp3) is 0.615. The first-order chi connectivity index (χ1) is 9.35. The molecule has 0 aliphatic carbocycles. The van der Waals surface area contributed by atoms with Crippen LogP contribution in [0.5, 0.6) is 0 Å². The van der Waals surface area contributed by atoms with Gasteiger partial charge >= 0.3 is 0 Å². The van der Waals surface area contributed by atoms with E-state index in [1.54, 1.807) is 6.92 Å². The molecule has 1 aliphatic rings. The number of aromatic nitrogens is 1. The molecule has 0 radical (unpaired) electrons. The van der Waals surface area contributed by atoms with Crippen LogP contribution in [0.15, 0.2) is 23.2 Å². The second-order valence-electron chi connectivity index (χ2n) is 5.39. The molecule has 1 aromatic heterocycles. The van der Waals surface area contributed by atoms with Crippen molar-refractivity contribution < 1.29 is 13.5 Å². The van der Waals surface area contributed by atoms with Crippen LogP contribution in [0.25, 0.3) is 0 Å². The summed E-state index contributed by atoms with van der Waals surface area (Å²) in [4.78, 5) is 4.31. The van der Waals surface area contributed by atoms with E-state index in [4.69, 9.17) is 0 Å². The van der Waals surface area contributed by atoms with Gasteiger partial charge in [-0.05, 0) is 25.8 Å². The molecule has 0 aromatic carbocycles. The van der Waals surface area contributed by atoms with Gasteiger partial charge in [-0.15, -0.1) is 0 Å². The lowest BCUT2D eigenvalue weighted by Crippen LogP contribution is -2.34. The van der Waals surface area contributed by atoms with Crippen molar-refractivity contribution in [3.63, 3.8) is 0 Å². The number of rotatable bonds is 5. The summed E-state index contributed by atoms with van der Waals surface area (Å²) < 4.78 is 26.3. The second kappa shape index (κ2) is 5.67. The van der Waals surface area contributed by atoms with E-state index in [2.05, 4.69) is 10.3 Å². The largest absolute Gasteiger partial charge is 0.389 e. The summed E-state index contributed by atoms with van der Waals surface area (Å²) in [5.41, 5.74) is -0.941. The summed E-state index contributed by atoms with van der Waals surface area (Å²) in [7, 11) is -3.56. The third kappa shape index (κ3) is 3.28. The third-order valence-corrected chi connectivity index (χ3v) is 5.18. The van der Waals surface area contributed by atoms with E-state index in [1.807, 2.05) is 6.92 Å². The highest BCUT2D eigenvalue weighted by Gasteiger charge is 2.38. The highest BCUT2D eigenvalue weighted by atomic mass is 32.2. The van der Waals surface area contributed by atoms with Crippen LogP contribution in [0.2, 0.25) is 0 Å². The van der Waals surface area contributed by atoms with E-state index in [-0.39, 0.29) is 11.4 Å². The van der Waals surface area contributed by atoms with Crippen LogP contribution in [0.4, 0.5) is 5.82 Å². The van der Waals surface area contributed by atoms with Crippen LogP contribution in [0, 0.1) is 0 Å². The number of hydrogen-bond donors (Lipinski definition) is 2. The van der Waals surface area contributed by atoms with Crippen LogP contribution in [-0.2, 0) is 10.0 Å². The molecule has 1 atom stereocenters. The number of β-amino-alcohol motifs (C(OH)–C–C–N with tert-alkyl or cyclic N) is 1. The average molecular weight is 299 g/mol. The molecule has 1 aliphatic heterocycles. The van der Waals surface area contributed by atoms with Gasteiger partial charge in [0.2, 0.25) is 10.0 Å². The van der Waals surface area contributed by atoms with E-state index in [9.17, 15) is 13.5 Å². The summed E-state index contributed by atoms with van der Waals surface area (Å²) >= 11 is 0. The Hall–Kier alpha value is -1.18. The third-order valence-electron chi connectivity index (χ3n) is 3.34. The summed E-state index contributed by atoms with van der Waals surface area (Å²) in [6.45, 7) is 4.91. The monoisotopic (exact) mass is 299 g/mol. The molecule has 112 valence electrons. The molecule has 6 nitrogen and oxygen atoms in total. The summed E-state index contributed by atoms with van der Waals surface area (Å²) in [6.07, 6.45) is 2.88. The van der Waals surface area contributed by atoms with Crippen molar-refractivity contribution in [2.75, 3.05) is 25.0 Å². The van der Waals surface area contributed by atoms with E-state index >= 15 is 0 Å². The molecule has 0 spiro atoms. The number of aliphatic hydroxyl groups is 1. The maximum absolute atomic E-state index is 12.5. The van der Waals surface area contributed by atoms with Gasteiger partial charge in [-0.25, -0.2) is 13.4 Å². The van der Waals surface area contributed by atoms with Crippen molar-refractivity contribution in [3.8, 4) is 0 Å². The lowest BCUT2D eigenvalue weighted by atomic mass is 10.1. The molecule has 2 N–H and O–H groups in total. The fourth-order valence-electron chi connectivity index (χ4n) is 2.18. The SMILES string of the molecule is CCCNc1cc(S(=O)(=O)N2CCC(C)(O)C2)ccn1. The molecule has 2 rings (SSSR count). The molecule has 20 heavy (non-hydrogen) atoms. The molecule has 7 heteroatoms. The minimum Gasteiger partial charge on any atom is -0.389 e. The number of nitrogens with one attached hydrogen (secondary N) is 1. The Morgan fingerprint density at radius 2 is 2.30 bits per heavy atom. The van der Waals surface area contributed by atoms with Gasteiger partial charge in [-0.3, -0.25) is 0 Å². The number of anilines is 1. The quantitative estimate of drug-likeness (QED) is 0.849. The van der Waals surface area contributed by atoms with Crippen molar-refractivity contribution in [2.45, 2.75) is 37.2 Å². The van der Waals surface area contributed by atoms with Crippen LogP contribution in [-0.4, -0.2) is 48.0 Å². The highest BCUT2D eigenvalue weighted by molar-refractivity contribution is 7.89. The van der Waals surface area contributed by atoms with Crippen LogP contribution < -0.4 is 5.32 Å². The molecule has 0 bridgehead atoms. The Kier molecular flexibility index (Phi) is 4.31. The molecular formula is C13H21N3O3S. The minimum absolute atomic E-state index is 0.134. The maximum Gasteiger partial charge on any atom is 0.243 e. The van der Waals surface area contributed by atoms with Gasteiger partial charge in [-0.1, -0.05) is 6.92 Å². The van der Waals surface area contributed by atoms with Crippen molar-refractivity contribution in [1.29, 1.82) is 0 Å². The lowest BCUT2D eigenvalue weighted by molar-refractivity contribution is 0.0762. The predicted octanol–water partition coefficient (Wildman–Crippen LogP) is 1.05. The maximum atomic E-state index is 12.5. The summed E-state index contributed by atoms with van der Waals surface area (Å²) in [5, 5.41) is 13.0. The molecule has 1 saturated heterocycles. The number of sulfonamides is 1. The molecule has 1 unspecified atom stereocenters. The summed E-state index contributed by atoms with van der Waals surface area (Å²) in [6, 6.07) is 3.03. The van der Waals surface area contributed by atoms with Gasteiger partial charge < -0.3 is 10.4 Å². The van der Waals surface area contributed by atoms with Gasteiger partial charge in [0.05, 0.1) is 10.5 Å². The normalized spacial score (nSPS) is 23.9. The lowest BCUT2D eigenvalue weighted by Gasteiger charge is -2.19. The summed E-state index contributed by atoms with van der Waals surface area (Å²) in [5.74, 6) is 0.555. The molecule has 1 aromatic rings. The Labute approximate surface area is 119 Å². The molecule has 0 amide bonds. The van der Waals surface area contributed by atoms with Crippen LogP contribution in [0.3, 0.4) is 0 Å². The minimum atomic E-state index is -3.56.